The number of esters is 1. The van der Waals surface area contributed by atoms with Crippen LogP contribution in [-0.2, 0) is 9.53 Å². The first kappa shape index (κ1) is 15.1. The molecule has 0 N–H and O–H groups in total. The molecule has 0 aromatic carbocycles. The lowest BCUT2D eigenvalue weighted by atomic mass is 9.44. The molecular weight excluding hydrogens is 260 g/mol. The van der Waals surface area contributed by atoms with Gasteiger partial charge in [-0.25, -0.2) is 4.79 Å². The molecule has 0 heterocycles. The summed E-state index contributed by atoms with van der Waals surface area (Å²) in [4.78, 5) is 12.0. The normalized spacial score (nSPS) is 44.1. The van der Waals surface area contributed by atoms with Crippen molar-refractivity contribution in [1.82, 2.24) is 0 Å². The molecule has 118 valence electrons. The number of hydrogen-bond acceptors (Lipinski definition) is 2. The first-order valence-corrected chi connectivity index (χ1v) is 8.72. The van der Waals surface area contributed by atoms with Crippen LogP contribution in [0.3, 0.4) is 0 Å². The highest BCUT2D eigenvalue weighted by atomic mass is 16.6. The molecule has 4 bridgehead atoms. The van der Waals surface area contributed by atoms with Crippen molar-refractivity contribution >= 4 is 5.97 Å². The predicted octanol–water partition coefficient (Wildman–Crippen LogP) is 4.74. The van der Waals surface area contributed by atoms with Crippen molar-refractivity contribution in [3.05, 3.63) is 12.7 Å². The minimum absolute atomic E-state index is 0.189. The van der Waals surface area contributed by atoms with Gasteiger partial charge in [-0.1, -0.05) is 27.4 Å². The Morgan fingerprint density at radius 2 is 1.90 bits per heavy atom. The third-order valence-electron chi connectivity index (χ3n) is 6.45. The largest absolute Gasteiger partial charge is 0.455 e. The zero-order valence-electron chi connectivity index (χ0n) is 13.9. The lowest BCUT2D eigenvalue weighted by Crippen LogP contribution is -2.62. The van der Waals surface area contributed by atoms with E-state index < -0.39 is 0 Å². The molecule has 2 nitrogen and oxygen atoms in total. The van der Waals surface area contributed by atoms with Crippen molar-refractivity contribution in [2.45, 2.75) is 71.3 Å². The Kier molecular flexibility index (Phi) is 3.70. The second kappa shape index (κ2) is 5.14. The van der Waals surface area contributed by atoms with Crippen LogP contribution in [0.1, 0.15) is 65.7 Å². The second-order valence-corrected chi connectivity index (χ2v) is 8.67. The van der Waals surface area contributed by atoms with Crippen molar-refractivity contribution in [1.29, 1.82) is 0 Å². The smallest absolute Gasteiger partial charge is 0.330 e. The van der Waals surface area contributed by atoms with Crippen molar-refractivity contribution in [3.63, 3.8) is 0 Å². The maximum Gasteiger partial charge on any atom is 0.330 e. The van der Waals surface area contributed by atoms with Crippen LogP contribution in [-0.4, -0.2) is 11.6 Å². The van der Waals surface area contributed by atoms with Gasteiger partial charge in [-0.05, 0) is 74.0 Å². The summed E-state index contributed by atoms with van der Waals surface area (Å²) in [7, 11) is 0. The Morgan fingerprint density at radius 1 is 1.29 bits per heavy atom. The van der Waals surface area contributed by atoms with E-state index in [1.165, 1.54) is 38.2 Å². The fourth-order valence-electron chi connectivity index (χ4n) is 5.82. The summed E-state index contributed by atoms with van der Waals surface area (Å²) in [6, 6.07) is 0. The van der Waals surface area contributed by atoms with Gasteiger partial charge in [0.2, 0.25) is 0 Å². The van der Waals surface area contributed by atoms with E-state index in [0.29, 0.717) is 23.2 Å². The minimum Gasteiger partial charge on any atom is -0.455 e. The Hall–Kier alpha value is -0.790. The monoisotopic (exact) mass is 290 g/mol. The van der Waals surface area contributed by atoms with E-state index in [1.807, 2.05) is 0 Å². The quantitative estimate of drug-likeness (QED) is 0.540. The van der Waals surface area contributed by atoms with Gasteiger partial charge in [0.15, 0.2) is 0 Å². The van der Waals surface area contributed by atoms with E-state index in [-0.39, 0.29) is 11.6 Å². The van der Waals surface area contributed by atoms with Gasteiger partial charge in [0.1, 0.15) is 5.60 Å². The molecule has 4 saturated carbocycles. The number of hydrogen-bond donors (Lipinski definition) is 0. The molecule has 4 aliphatic carbocycles. The van der Waals surface area contributed by atoms with Gasteiger partial charge < -0.3 is 4.74 Å². The number of rotatable bonds is 5. The van der Waals surface area contributed by atoms with Crippen LogP contribution in [0.5, 0.6) is 0 Å². The van der Waals surface area contributed by atoms with Crippen LogP contribution in [0.2, 0.25) is 0 Å². The van der Waals surface area contributed by atoms with Gasteiger partial charge in [0.05, 0.1) is 0 Å². The van der Waals surface area contributed by atoms with E-state index in [0.717, 1.165) is 18.8 Å². The summed E-state index contributed by atoms with van der Waals surface area (Å²) >= 11 is 0. The summed E-state index contributed by atoms with van der Waals surface area (Å²) in [6.07, 6.45) is 10.00. The molecule has 0 aliphatic heterocycles. The molecule has 2 atom stereocenters. The van der Waals surface area contributed by atoms with E-state index in [4.69, 9.17) is 4.74 Å². The SMILES string of the molecule is C=CC(=O)OC1(CCC(C)C)C2CC3CC1CC(C)(C3)C2. The lowest BCUT2D eigenvalue weighted by Gasteiger charge is -2.64. The highest BCUT2D eigenvalue weighted by molar-refractivity contribution is 5.81. The Balaban J connectivity index is 1.88. The predicted molar refractivity (Wildman–Crippen MR) is 84.8 cm³/mol. The molecule has 4 rings (SSSR count). The zero-order valence-corrected chi connectivity index (χ0v) is 13.9. The number of carbonyl (C=O) groups excluding carboxylic acids is 1. The van der Waals surface area contributed by atoms with E-state index in [2.05, 4.69) is 27.4 Å². The number of carbonyl (C=O) groups is 1. The van der Waals surface area contributed by atoms with E-state index in [9.17, 15) is 4.79 Å². The average molecular weight is 290 g/mol. The maximum atomic E-state index is 12.0. The van der Waals surface area contributed by atoms with Crippen molar-refractivity contribution in [2.24, 2.45) is 29.1 Å². The van der Waals surface area contributed by atoms with Crippen LogP contribution in [0, 0.1) is 29.1 Å². The van der Waals surface area contributed by atoms with Crippen molar-refractivity contribution in [3.8, 4) is 0 Å². The van der Waals surface area contributed by atoms with Crippen molar-refractivity contribution in [2.75, 3.05) is 0 Å². The number of ether oxygens (including phenoxy) is 1. The maximum absolute atomic E-state index is 12.0. The van der Waals surface area contributed by atoms with Gasteiger partial charge in [0, 0.05) is 6.08 Å². The zero-order chi connectivity index (χ0) is 15.3. The molecule has 0 aromatic rings. The molecule has 0 saturated heterocycles. The van der Waals surface area contributed by atoms with Gasteiger partial charge in [-0.3, -0.25) is 0 Å². The molecule has 4 aliphatic rings. The summed E-state index contributed by atoms with van der Waals surface area (Å²) < 4.78 is 6.10. The molecule has 21 heavy (non-hydrogen) atoms. The molecule has 0 amide bonds. The van der Waals surface area contributed by atoms with E-state index >= 15 is 0 Å². The van der Waals surface area contributed by atoms with Gasteiger partial charge in [-0.15, -0.1) is 0 Å². The fraction of sp³-hybridized carbons (Fsp3) is 0.842. The van der Waals surface area contributed by atoms with Crippen LogP contribution >= 0.6 is 0 Å². The van der Waals surface area contributed by atoms with E-state index in [1.54, 1.807) is 0 Å². The Morgan fingerprint density at radius 3 is 2.38 bits per heavy atom. The second-order valence-electron chi connectivity index (χ2n) is 8.67. The Bertz CT molecular complexity index is 421. The minimum atomic E-state index is -0.212. The highest BCUT2D eigenvalue weighted by Gasteiger charge is 2.62. The average Bonchev–Trinajstić information content (AvgIpc) is 2.39. The van der Waals surface area contributed by atoms with Crippen LogP contribution in [0.25, 0.3) is 0 Å². The molecule has 0 radical (unpaired) electrons. The third-order valence-corrected chi connectivity index (χ3v) is 6.45. The summed E-state index contributed by atoms with van der Waals surface area (Å²) in [5.74, 6) is 2.49. The van der Waals surface area contributed by atoms with Gasteiger partial charge in [-0.2, -0.15) is 0 Å². The molecule has 2 unspecified atom stereocenters. The van der Waals surface area contributed by atoms with Gasteiger partial charge >= 0.3 is 5.97 Å². The Labute approximate surface area is 129 Å². The molecular formula is C19H30O2. The van der Waals surface area contributed by atoms with Crippen LogP contribution < -0.4 is 0 Å². The summed E-state index contributed by atoms with van der Waals surface area (Å²) in [6.45, 7) is 10.6. The van der Waals surface area contributed by atoms with Crippen LogP contribution in [0.15, 0.2) is 12.7 Å². The van der Waals surface area contributed by atoms with Crippen LogP contribution in [0.4, 0.5) is 0 Å². The fourth-order valence-corrected chi connectivity index (χ4v) is 5.82. The molecule has 4 fully saturated rings. The topological polar surface area (TPSA) is 26.3 Å². The highest BCUT2D eigenvalue weighted by Crippen LogP contribution is 2.65. The standard InChI is InChI=1S/C19H30O2/c1-5-17(20)21-19(7-6-13(2)3)15-8-14-9-16(19)12-18(4,10-14)11-15/h5,13-16H,1,6-12H2,2-4H3. The summed E-state index contributed by atoms with van der Waals surface area (Å²) in [5.41, 5.74) is 0.324. The molecule has 0 aromatic heterocycles. The van der Waals surface area contributed by atoms with Gasteiger partial charge in [0.25, 0.3) is 0 Å². The van der Waals surface area contributed by atoms with Crippen molar-refractivity contribution < 1.29 is 9.53 Å². The third kappa shape index (κ3) is 2.55. The summed E-state index contributed by atoms with van der Waals surface area (Å²) in [5, 5.41) is 0. The molecule has 2 heteroatoms. The first-order chi connectivity index (χ1) is 9.87. The first-order valence-electron chi connectivity index (χ1n) is 8.72. The molecule has 0 spiro atoms. The lowest BCUT2D eigenvalue weighted by molar-refractivity contribution is -0.222.